The van der Waals surface area contributed by atoms with Gasteiger partial charge in [-0.3, -0.25) is 0 Å². The summed E-state index contributed by atoms with van der Waals surface area (Å²) in [5.41, 5.74) is 5.57. The molecular formula is C10H11ClFNO. The Labute approximate surface area is 87.1 Å². The van der Waals surface area contributed by atoms with E-state index >= 15 is 0 Å². The molecular weight excluding hydrogens is 205 g/mol. The Morgan fingerprint density at radius 1 is 1.57 bits per heavy atom. The molecule has 1 aromatic rings. The molecule has 2 nitrogen and oxygen atoms in total. The zero-order valence-electron chi connectivity index (χ0n) is 7.76. The minimum atomic E-state index is -0.468. The first-order chi connectivity index (χ1) is 6.70. The lowest BCUT2D eigenvalue weighted by Crippen LogP contribution is -1.94. The highest BCUT2D eigenvalue weighted by Gasteiger charge is 2.09. The first-order valence-electron chi connectivity index (χ1n) is 4.09. The third kappa shape index (κ3) is 2.25. The molecule has 0 fully saturated rings. The average Bonchev–Trinajstić information content (AvgIpc) is 2.18. The van der Waals surface area contributed by atoms with Crippen LogP contribution in [0.15, 0.2) is 18.2 Å². The van der Waals surface area contributed by atoms with Crippen molar-refractivity contribution in [3.8, 4) is 5.75 Å². The van der Waals surface area contributed by atoms with Gasteiger partial charge in [0.25, 0.3) is 0 Å². The Morgan fingerprint density at radius 3 is 2.86 bits per heavy atom. The molecule has 0 saturated heterocycles. The lowest BCUT2D eigenvalue weighted by molar-refractivity contribution is 0.386. The summed E-state index contributed by atoms with van der Waals surface area (Å²) in [6, 6.07) is 3.07. The van der Waals surface area contributed by atoms with Crippen LogP contribution in [0.25, 0.3) is 6.08 Å². The van der Waals surface area contributed by atoms with Crippen molar-refractivity contribution in [2.45, 2.75) is 0 Å². The first-order valence-corrected chi connectivity index (χ1v) is 4.47. The van der Waals surface area contributed by atoms with E-state index in [4.69, 9.17) is 22.1 Å². The van der Waals surface area contributed by atoms with Gasteiger partial charge in [-0.2, -0.15) is 0 Å². The van der Waals surface area contributed by atoms with Crippen LogP contribution < -0.4 is 10.5 Å². The van der Waals surface area contributed by atoms with Crippen LogP contribution >= 0.6 is 11.6 Å². The van der Waals surface area contributed by atoms with E-state index in [-0.39, 0.29) is 5.75 Å². The van der Waals surface area contributed by atoms with E-state index in [1.54, 1.807) is 18.2 Å². The summed E-state index contributed by atoms with van der Waals surface area (Å²) < 4.78 is 18.4. The van der Waals surface area contributed by atoms with E-state index in [9.17, 15) is 4.39 Å². The lowest BCUT2D eigenvalue weighted by atomic mass is 10.2. The number of nitrogens with two attached hydrogens (primary N) is 1. The quantitative estimate of drug-likeness (QED) is 0.841. The Kier molecular flexibility index (Phi) is 3.92. The number of benzene rings is 1. The van der Waals surface area contributed by atoms with E-state index in [0.717, 1.165) is 0 Å². The van der Waals surface area contributed by atoms with Crippen LogP contribution in [0.2, 0.25) is 5.02 Å². The Hall–Kier alpha value is -1.06. The highest BCUT2D eigenvalue weighted by atomic mass is 35.5. The number of hydrogen-bond donors (Lipinski definition) is 1. The molecule has 0 saturated carbocycles. The van der Waals surface area contributed by atoms with E-state index in [1.807, 2.05) is 0 Å². The van der Waals surface area contributed by atoms with Crippen molar-refractivity contribution in [2.75, 3.05) is 13.7 Å². The number of rotatable bonds is 3. The second-order valence-corrected chi connectivity index (χ2v) is 3.02. The van der Waals surface area contributed by atoms with Crippen LogP contribution in [0, 0.1) is 5.82 Å². The maximum absolute atomic E-state index is 13.6. The summed E-state index contributed by atoms with van der Waals surface area (Å²) in [4.78, 5) is 0. The van der Waals surface area contributed by atoms with Gasteiger partial charge >= 0.3 is 0 Å². The number of methoxy groups -OCH3 is 1. The molecule has 0 bridgehead atoms. The van der Waals surface area contributed by atoms with E-state index < -0.39 is 5.82 Å². The minimum absolute atomic E-state index is 0.172. The van der Waals surface area contributed by atoms with Crippen LogP contribution in [-0.4, -0.2) is 13.7 Å². The topological polar surface area (TPSA) is 35.2 Å². The van der Waals surface area contributed by atoms with Crippen LogP contribution in [0.1, 0.15) is 5.56 Å². The summed E-state index contributed by atoms with van der Waals surface area (Å²) in [7, 11) is 1.41. The standard InChI is InChI=1S/C10H11ClFNO/c1-14-9-5-4-8(11)7(10(9)12)3-2-6-13/h2-5H,6,13H2,1H3. The monoisotopic (exact) mass is 215 g/mol. The molecule has 0 amide bonds. The van der Waals surface area contributed by atoms with Gasteiger partial charge in [0.15, 0.2) is 11.6 Å². The SMILES string of the molecule is COc1ccc(Cl)c(C=CCN)c1F. The van der Waals surface area contributed by atoms with Crippen molar-refractivity contribution >= 4 is 17.7 Å². The predicted molar refractivity (Wildman–Crippen MR) is 56.1 cm³/mol. The summed E-state index contributed by atoms with van der Waals surface area (Å²) in [5.74, 6) is -0.296. The predicted octanol–water partition coefficient (Wildman–Crippen LogP) is 2.46. The minimum Gasteiger partial charge on any atom is -0.494 e. The molecule has 0 heterocycles. The highest BCUT2D eigenvalue weighted by molar-refractivity contribution is 6.32. The summed E-state index contributed by atoms with van der Waals surface area (Å²) in [6.07, 6.45) is 3.17. The molecule has 14 heavy (non-hydrogen) atoms. The van der Waals surface area contributed by atoms with Gasteiger partial charge in [0.2, 0.25) is 0 Å². The maximum atomic E-state index is 13.6. The molecule has 0 atom stereocenters. The smallest absolute Gasteiger partial charge is 0.173 e. The van der Waals surface area contributed by atoms with Gasteiger partial charge in [0.05, 0.1) is 12.1 Å². The van der Waals surface area contributed by atoms with Gasteiger partial charge in [-0.15, -0.1) is 0 Å². The zero-order chi connectivity index (χ0) is 10.6. The maximum Gasteiger partial charge on any atom is 0.173 e. The Bertz CT molecular complexity index is 352. The largest absolute Gasteiger partial charge is 0.494 e. The van der Waals surface area contributed by atoms with Crippen LogP contribution in [-0.2, 0) is 0 Å². The van der Waals surface area contributed by atoms with Crippen molar-refractivity contribution in [1.82, 2.24) is 0 Å². The van der Waals surface area contributed by atoms with Gasteiger partial charge in [0, 0.05) is 12.1 Å². The van der Waals surface area contributed by atoms with Crippen LogP contribution in [0.4, 0.5) is 4.39 Å². The lowest BCUT2D eigenvalue weighted by Gasteiger charge is -2.05. The summed E-state index contributed by atoms with van der Waals surface area (Å²) in [5, 5.41) is 0.341. The number of ether oxygens (including phenoxy) is 1. The molecule has 0 aliphatic rings. The zero-order valence-corrected chi connectivity index (χ0v) is 8.51. The molecule has 76 valence electrons. The fourth-order valence-electron chi connectivity index (χ4n) is 1.05. The normalized spacial score (nSPS) is 10.9. The van der Waals surface area contributed by atoms with Crippen LogP contribution in [0.3, 0.4) is 0 Å². The van der Waals surface area contributed by atoms with Crippen molar-refractivity contribution in [3.05, 3.63) is 34.6 Å². The molecule has 0 aromatic heterocycles. The van der Waals surface area contributed by atoms with Crippen molar-refractivity contribution in [3.63, 3.8) is 0 Å². The average molecular weight is 216 g/mol. The Balaban J connectivity index is 3.18. The van der Waals surface area contributed by atoms with Gasteiger partial charge < -0.3 is 10.5 Å². The molecule has 0 aliphatic carbocycles. The molecule has 1 aromatic carbocycles. The van der Waals surface area contributed by atoms with Crippen molar-refractivity contribution in [1.29, 1.82) is 0 Å². The van der Waals surface area contributed by atoms with E-state index in [2.05, 4.69) is 0 Å². The van der Waals surface area contributed by atoms with Gasteiger partial charge in [-0.1, -0.05) is 23.8 Å². The van der Waals surface area contributed by atoms with Gasteiger partial charge in [0.1, 0.15) is 0 Å². The molecule has 0 radical (unpaired) electrons. The molecule has 0 aliphatic heterocycles. The van der Waals surface area contributed by atoms with Crippen LogP contribution in [0.5, 0.6) is 5.75 Å². The second kappa shape index (κ2) is 4.98. The fourth-order valence-corrected chi connectivity index (χ4v) is 1.25. The Morgan fingerprint density at radius 2 is 2.29 bits per heavy atom. The molecule has 0 spiro atoms. The molecule has 2 N–H and O–H groups in total. The molecule has 0 unspecified atom stereocenters. The van der Waals surface area contributed by atoms with E-state index in [0.29, 0.717) is 17.1 Å². The number of halogens is 2. The van der Waals surface area contributed by atoms with E-state index in [1.165, 1.54) is 13.2 Å². The van der Waals surface area contributed by atoms with Crippen molar-refractivity contribution in [2.24, 2.45) is 5.73 Å². The highest BCUT2D eigenvalue weighted by Crippen LogP contribution is 2.27. The van der Waals surface area contributed by atoms with Crippen molar-refractivity contribution < 1.29 is 9.13 Å². The molecule has 4 heteroatoms. The first kappa shape index (κ1) is 11.0. The van der Waals surface area contributed by atoms with Gasteiger partial charge in [-0.05, 0) is 12.1 Å². The molecule has 1 rings (SSSR count). The number of hydrogen-bond acceptors (Lipinski definition) is 2. The second-order valence-electron chi connectivity index (χ2n) is 2.62. The third-order valence-corrected chi connectivity index (χ3v) is 2.06. The summed E-state index contributed by atoms with van der Waals surface area (Å²) >= 11 is 5.81. The van der Waals surface area contributed by atoms with Gasteiger partial charge in [-0.25, -0.2) is 4.39 Å². The third-order valence-electron chi connectivity index (χ3n) is 1.73. The summed E-state index contributed by atoms with van der Waals surface area (Å²) in [6.45, 7) is 0.340. The fraction of sp³-hybridized carbons (Fsp3) is 0.200.